The largest absolute Gasteiger partial charge is 0.756 e. The third kappa shape index (κ3) is 11.5. The van der Waals surface area contributed by atoms with Gasteiger partial charge in [0.05, 0.1) is 33.2 Å². The van der Waals surface area contributed by atoms with Crippen molar-refractivity contribution in [3.05, 3.63) is 62.4 Å². The highest BCUT2D eigenvalue weighted by Gasteiger charge is 2.52. The van der Waals surface area contributed by atoms with Crippen molar-refractivity contribution in [1.82, 2.24) is 43.6 Å². The Labute approximate surface area is 405 Å². The van der Waals surface area contributed by atoms with Gasteiger partial charge in [0.15, 0.2) is 30.2 Å². The predicted molar refractivity (Wildman–Crippen MR) is 224 cm³/mol. The van der Waals surface area contributed by atoms with E-state index in [0.29, 0.717) is 4.57 Å². The van der Waals surface area contributed by atoms with Crippen LogP contribution in [0.15, 0.2) is 45.6 Å². The number of nitrogens with one attached hydrogen (secondary N) is 2. The summed E-state index contributed by atoms with van der Waals surface area (Å²) in [5.74, 6) is -0.415. The molecule has 3 aliphatic heterocycles. The van der Waals surface area contributed by atoms with E-state index in [1.54, 1.807) is 0 Å². The molecule has 9 N–H and O–H groups in total. The van der Waals surface area contributed by atoms with Crippen molar-refractivity contribution in [2.75, 3.05) is 45.5 Å². The van der Waals surface area contributed by atoms with E-state index in [1.165, 1.54) is 22.5 Å². The maximum atomic E-state index is 13.4. The van der Waals surface area contributed by atoms with Crippen LogP contribution in [-0.2, 0) is 75.7 Å². The van der Waals surface area contributed by atoms with Crippen LogP contribution in [0.25, 0.3) is 22.3 Å². The Kier molecular flexibility index (Phi) is 15.6. The molecule has 0 aromatic carbocycles. The number of nitrogen functional groups attached to an aromatic ring is 2. The van der Waals surface area contributed by atoms with E-state index in [1.807, 2.05) is 4.98 Å². The molecule has 0 bridgehead atoms. The fraction of sp³-hybridized carbons (Fsp3) is 0.562. The van der Waals surface area contributed by atoms with Gasteiger partial charge in [-0.15, -0.1) is 0 Å². The number of phosphoric acid groups is 4. The van der Waals surface area contributed by atoms with Gasteiger partial charge >= 0.3 is 11.3 Å². The van der Waals surface area contributed by atoms with Crippen molar-refractivity contribution in [1.29, 1.82) is 0 Å². The first kappa shape index (κ1) is 54.6. The second-order valence-corrected chi connectivity index (χ2v) is 21.7. The highest BCUT2D eigenvalue weighted by molar-refractivity contribution is 7.65. The van der Waals surface area contributed by atoms with Gasteiger partial charge in [0.25, 0.3) is 48.4 Å². The number of nitrogens with two attached hydrogens (primary N) is 2. The van der Waals surface area contributed by atoms with E-state index in [-0.39, 0.29) is 34.1 Å². The number of nitrogens with zero attached hydrogens (tertiary/aromatic N) is 8. The van der Waals surface area contributed by atoms with Crippen LogP contribution in [0.1, 0.15) is 18.7 Å². The zero-order chi connectivity index (χ0) is 53.1. The molecule has 0 saturated carbocycles. The zero-order valence-corrected chi connectivity index (χ0v) is 40.9. The van der Waals surface area contributed by atoms with E-state index in [2.05, 4.69) is 42.6 Å². The van der Waals surface area contributed by atoms with Crippen molar-refractivity contribution in [3.8, 4) is 0 Å². The number of hydrogen-bond donors (Lipinski definition) is 7. The molecule has 0 amide bonds. The quantitative estimate of drug-likeness (QED) is 0.0281. The van der Waals surface area contributed by atoms with Gasteiger partial charge in [-0.25, -0.2) is 32.9 Å². The lowest BCUT2D eigenvalue weighted by molar-refractivity contribution is -0.745. The van der Waals surface area contributed by atoms with Crippen molar-refractivity contribution in [3.63, 3.8) is 0 Å². The minimum Gasteiger partial charge on any atom is -0.756 e. The predicted octanol–water partition coefficient (Wildman–Crippen LogP) is -6.75. The number of hydrogen-bond acceptors (Lipinski definition) is 31. The lowest BCUT2D eigenvalue weighted by atomic mass is 10.1. The summed E-state index contributed by atoms with van der Waals surface area (Å²) in [6.45, 7) is -3.61. The molecule has 402 valence electrons. The maximum Gasteiger partial charge on any atom is 0.330 e. The Hall–Kier alpha value is -4.62. The number of imidazole rings is 2. The van der Waals surface area contributed by atoms with Crippen molar-refractivity contribution in [2.24, 2.45) is 7.05 Å². The minimum atomic E-state index is -6.56. The lowest BCUT2D eigenvalue weighted by Crippen LogP contribution is -2.46. The first-order valence-electron chi connectivity index (χ1n) is 20.6. The number of fused-ring (bicyclic) bond motifs is 2. The summed E-state index contributed by atoms with van der Waals surface area (Å²) in [5.41, 5.74) is 8.97. The van der Waals surface area contributed by atoms with Crippen molar-refractivity contribution >= 4 is 65.4 Å². The van der Waals surface area contributed by atoms with Gasteiger partial charge in [-0.3, -0.25) is 51.5 Å². The molecule has 41 heteroatoms. The number of anilines is 2. The van der Waals surface area contributed by atoms with Crippen LogP contribution in [0, 0.1) is 0 Å². The molecule has 3 aliphatic rings. The normalized spacial score (nSPS) is 30.9. The van der Waals surface area contributed by atoms with Crippen molar-refractivity contribution < 1.29 is 108 Å². The van der Waals surface area contributed by atoms with Crippen LogP contribution in [-0.4, -0.2) is 148 Å². The van der Waals surface area contributed by atoms with E-state index in [0.717, 1.165) is 43.7 Å². The summed E-state index contributed by atoms with van der Waals surface area (Å²) in [6, 6.07) is 0.905. The van der Waals surface area contributed by atoms with Crippen LogP contribution in [0.5, 0.6) is 0 Å². The summed E-state index contributed by atoms with van der Waals surface area (Å²) in [6.07, 6.45) is -15.8. The van der Waals surface area contributed by atoms with Gasteiger partial charge in [-0.2, -0.15) is 0 Å². The summed E-state index contributed by atoms with van der Waals surface area (Å²) in [4.78, 5) is 109. The monoisotopic (exact) mass is 1120 g/mol. The van der Waals surface area contributed by atoms with Gasteiger partial charge in [0.1, 0.15) is 66.8 Å². The molecule has 7 unspecified atom stereocenters. The molecule has 5 aromatic heterocycles. The van der Waals surface area contributed by atoms with Gasteiger partial charge in [-0.1, -0.05) is 4.98 Å². The second kappa shape index (κ2) is 20.8. The molecule has 3 saturated heterocycles. The van der Waals surface area contributed by atoms with Crippen LogP contribution in [0.4, 0.5) is 11.8 Å². The second-order valence-electron chi connectivity index (χ2n) is 15.8. The van der Waals surface area contributed by atoms with Gasteiger partial charge in [-0.05, 0) is 0 Å². The molecule has 16 atom stereocenters. The number of ether oxygens (including phenoxy) is 5. The summed E-state index contributed by atoms with van der Waals surface area (Å²) < 4.78 is 112. The van der Waals surface area contributed by atoms with E-state index in [4.69, 9.17) is 44.2 Å². The molecule has 5 aromatic rings. The number of aryl methyl sites for hydroxylation is 1. The Morgan fingerprint density at radius 2 is 1.37 bits per heavy atom. The zero-order valence-electron chi connectivity index (χ0n) is 37.3. The lowest BCUT2D eigenvalue weighted by Gasteiger charge is -2.35. The van der Waals surface area contributed by atoms with Crippen LogP contribution in [0.2, 0.25) is 0 Å². The van der Waals surface area contributed by atoms with E-state index < -0.39 is 142 Å². The molecule has 0 radical (unpaired) electrons. The molecule has 73 heavy (non-hydrogen) atoms. The Bertz CT molecular complexity index is 3240. The minimum absolute atomic E-state index is 0.00437. The number of aromatic nitrogens is 10. The van der Waals surface area contributed by atoms with E-state index >= 15 is 0 Å². The number of aliphatic hydroxyl groups excluding tert-OH is 3. The highest BCUT2D eigenvalue weighted by atomic mass is 31.3. The number of H-pyrrole nitrogens is 2. The number of rotatable bonds is 20. The van der Waals surface area contributed by atoms with Crippen LogP contribution >= 0.6 is 31.3 Å². The van der Waals surface area contributed by atoms with Gasteiger partial charge in [0.2, 0.25) is 11.7 Å². The van der Waals surface area contributed by atoms with Crippen LogP contribution in [0.3, 0.4) is 0 Å². The Balaban J connectivity index is 0.935. The van der Waals surface area contributed by atoms with Crippen LogP contribution < -0.4 is 52.4 Å². The summed E-state index contributed by atoms with van der Waals surface area (Å²) in [7, 11) is -21.1. The Morgan fingerprint density at radius 1 is 0.753 bits per heavy atom. The SMILES string of the molecule is CO[C@@H]1C(O)[C@H]([n+]2cn(C)c3c(=O)[nH]c(N)nc32)O[C@@H]1COP(=O)([O-])OP(=O)([O-])OP(=O)([O-])OC[C@H]1O[C@@H](n2cnc3c(N)ncnc32)[C@@H](OC)C1OP(=O)([O-])OC[C@H]1O[C@@H](n2ccc(=O)[nH]c2=O)[C@@H](O)C1O. The average molecular weight is 1120 g/mol. The first-order chi connectivity index (χ1) is 34.2. The average Bonchev–Trinajstić information content (AvgIpc) is 4.09. The smallest absolute Gasteiger partial charge is 0.330 e. The molecule has 8 heterocycles. The number of aliphatic hydroxyl groups is 3. The molecule has 8 rings (SSSR count). The maximum absolute atomic E-state index is 13.4. The van der Waals surface area contributed by atoms with E-state index in [9.17, 15) is 67.5 Å². The van der Waals surface area contributed by atoms with Gasteiger partial charge in [0, 0.05) is 26.5 Å². The third-order valence-electron chi connectivity index (χ3n) is 11.2. The molecule has 0 spiro atoms. The highest BCUT2D eigenvalue weighted by Crippen LogP contribution is 2.63. The Morgan fingerprint density at radius 3 is 2.01 bits per heavy atom. The first-order valence-corrected chi connectivity index (χ1v) is 26.4. The molecule has 0 aliphatic carbocycles. The van der Waals surface area contributed by atoms with Crippen molar-refractivity contribution in [2.45, 2.75) is 73.6 Å². The third-order valence-corrected chi connectivity index (χ3v) is 16.3. The number of aromatic amines is 2. The summed E-state index contributed by atoms with van der Waals surface area (Å²) >= 11 is 0. The molecular weight excluding hydrogens is 1080 g/mol. The number of phosphoric ester groups is 3. The molecule has 3 fully saturated rings. The number of methoxy groups -OCH3 is 2. The fourth-order valence-electron chi connectivity index (χ4n) is 8.04. The van der Waals surface area contributed by atoms with Gasteiger partial charge < -0.3 is 88.1 Å². The molecule has 37 nitrogen and oxygen atoms in total. The standard InChI is InChI=1S/C32H44N12O25P4/c1-41-11-44(26-17(41)27(49)40-31(34)39-26)29-20(48)21(59-2)13(65-29)7-62-71(53,54)68-73(57,58)69-72(55,56)63-8-14-22(23(60-3)30(66-14)43-10-37-16-24(33)35-9-36-25(16)43)67-70(51,52)61-6-12-18(46)19(47)28(64-12)42-5-4-15(45)38-32(42)50/h4-5,9-14,18-23,28-30,46-48H,6-8H2,1-3H3,(H9-,33,34,35,36,38,39,40,45,49,50,51,52,53,54,55,56,57,58)/p-3/t12-,13-,14-,18?,19+,20?,21+,22?,23+,28-,29-,30-/m1/s1. The molecular formula is C32H41N12O25P4-3. The topological polar surface area (TPSA) is 528 Å². The summed E-state index contributed by atoms with van der Waals surface area (Å²) in [5, 5.41) is 32.2. The fourth-order valence-corrected chi connectivity index (χ4v) is 12.4.